The first-order valence-corrected chi connectivity index (χ1v) is 12.2. The number of halogens is 1. The summed E-state index contributed by atoms with van der Waals surface area (Å²) in [5, 5.41) is 0.776. The van der Waals surface area contributed by atoms with Crippen molar-refractivity contribution in [2.24, 2.45) is 5.92 Å². The summed E-state index contributed by atoms with van der Waals surface area (Å²) < 4.78 is 4.82. The number of nitrogens with zero attached hydrogens (tertiary/aromatic N) is 3. The average Bonchev–Trinajstić information content (AvgIpc) is 3.44. The predicted molar refractivity (Wildman–Crippen MR) is 133 cm³/mol. The monoisotopic (exact) mass is 466 g/mol. The highest BCUT2D eigenvalue weighted by Gasteiger charge is 2.25. The van der Waals surface area contributed by atoms with E-state index in [1.807, 2.05) is 6.07 Å². The Hall–Kier alpha value is -2.57. The second kappa shape index (κ2) is 9.35. The molecule has 1 saturated heterocycles. The highest BCUT2D eigenvalue weighted by atomic mass is 35.5. The van der Waals surface area contributed by atoms with Gasteiger partial charge >= 0.3 is 5.97 Å². The van der Waals surface area contributed by atoms with Crippen molar-refractivity contribution < 1.29 is 9.53 Å². The number of hydrogen-bond donors (Lipinski definition) is 1. The number of carbonyl (C=O) groups excluding carboxylic acids is 1. The second-order valence-corrected chi connectivity index (χ2v) is 9.74. The Morgan fingerprint density at radius 3 is 2.82 bits per heavy atom. The number of anilines is 1. The maximum Gasteiger partial charge on any atom is 0.337 e. The van der Waals surface area contributed by atoms with Crippen LogP contribution in [0.3, 0.4) is 0 Å². The topological polar surface area (TPSA) is 61.5 Å². The van der Waals surface area contributed by atoms with Crippen molar-refractivity contribution in [2.75, 3.05) is 45.2 Å². The van der Waals surface area contributed by atoms with Crippen LogP contribution >= 0.6 is 11.6 Å². The maximum absolute atomic E-state index is 11.8. The lowest BCUT2D eigenvalue weighted by Crippen LogP contribution is -2.30. The van der Waals surface area contributed by atoms with Gasteiger partial charge in [-0.15, -0.1) is 0 Å². The highest BCUT2D eigenvalue weighted by molar-refractivity contribution is 6.34. The largest absolute Gasteiger partial charge is 0.465 e. The zero-order chi connectivity index (χ0) is 22.9. The van der Waals surface area contributed by atoms with Crippen LogP contribution in [0.25, 0.3) is 22.4 Å². The number of aromatic amines is 1. The molecule has 0 spiro atoms. The van der Waals surface area contributed by atoms with Crippen molar-refractivity contribution in [1.82, 2.24) is 14.9 Å². The van der Waals surface area contributed by atoms with Crippen molar-refractivity contribution in [3.63, 3.8) is 0 Å². The fourth-order valence-electron chi connectivity index (χ4n) is 5.23. The fourth-order valence-corrected chi connectivity index (χ4v) is 5.57. The van der Waals surface area contributed by atoms with Gasteiger partial charge in [0.1, 0.15) is 5.82 Å². The lowest BCUT2D eigenvalue weighted by molar-refractivity contribution is 0.0601. The van der Waals surface area contributed by atoms with Gasteiger partial charge in [-0.1, -0.05) is 11.6 Å². The van der Waals surface area contributed by atoms with E-state index in [1.165, 1.54) is 57.1 Å². The second-order valence-electron chi connectivity index (χ2n) is 9.36. The van der Waals surface area contributed by atoms with Crippen molar-refractivity contribution in [2.45, 2.75) is 32.1 Å². The number of esters is 1. The maximum atomic E-state index is 11.8. The number of nitrogens with one attached hydrogen (secondary N) is 1. The van der Waals surface area contributed by atoms with Crippen molar-refractivity contribution >= 4 is 34.3 Å². The molecular weight excluding hydrogens is 436 g/mol. The molecular formula is C26H31ClN4O2. The van der Waals surface area contributed by atoms with Crippen LogP contribution < -0.4 is 4.90 Å². The fraction of sp³-hybridized carbons (Fsp3) is 0.462. The number of ether oxygens (including phenoxy) is 1. The van der Waals surface area contributed by atoms with Crippen molar-refractivity contribution in [1.29, 1.82) is 0 Å². The standard InChI is InChI=1S/C26H31ClN4O2/c1-30-13-9-17(10-14-30)4-3-12-31-15-11-19-23(31)8-6-20(24(19)27)25-28-21-7-5-18(26(32)33-2)16-22(21)29-25/h5-8,16-17H,3-4,9-15H2,1-2H3,(H,28,29). The van der Waals surface area contributed by atoms with Crippen LogP contribution in [0.5, 0.6) is 0 Å². The molecule has 0 radical (unpaired) electrons. The number of imidazole rings is 1. The molecule has 3 aromatic rings. The van der Waals surface area contributed by atoms with Crippen LogP contribution in [-0.2, 0) is 11.2 Å². The minimum absolute atomic E-state index is 0.368. The zero-order valence-electron chi connectivity index (χ0n) is 19.4. The molecule has 6 nitrogen and oxygen atoms in total. The van der Waals surface area contributed by atoms with E-state index in [2.05, 4.69) is 34.0 Å². The summed E-state index contributed by atoms with van der Waals surface area (Å²) in [6.07, 6.45) is 6.18. The molecule has 2 aromatic carbocycles. The molecule has 1 fully saturated rings. The van der Waals surface area contributed by atoms with Gasteiger partial charge in [-0.05, 0) is 94.1 Å². The number of aromatic nitrogens is 2. The Labute approximate surface area is 199 Å². The molecule has 2 aliphatic rings. The lowest BCUT2D eigenvalue weighted by Gasteiger charge is -2.29. The summed E-state index contributed by atoms with van der Waals surface area (Å²) in [7, 11) is 3.60. The third-order valence-electron chi connectivity index (χ3n) is 7.23. The third-order valence-corrected chi connectivity index (χ3v) is 7.66. The summed E-state index contributed by atoms with van der Waals surface area (Å²) in [6.45, 7) is 4.59. The van der Waals surface area contributed by atoms with Crippen LogP contribution in [0.15, 0.2) is 30.3 Å². The van der Waals surface area contributed by atoms with E-state index in [4.69, 9.17) is 21.3 Å². The Morgan fingerprint density at radius 2 is 2.03 bits per heavy atom. The van der Waals surface area contributed by atoms with Crippen LogP contribution in [0.2, 0.25) is 5.02 Å². The summed E-state index contributed by atoms with van der Waals surface area (Å²) >= 11 is 6.89. The van der Waals surface area contributed by atoms with E-state index in [0.717, 1.165) is 52.9 Å². The molecule has 0 bridgehead atoms. The van der Waals surface area contributed by atoms with Gasteiger partial charge < -0.3 is 19.5 Å². The molecule has 1 N–H and O–H groups in total. The van der Waals surface area contributed by atoms with Crippen LogP contribution in [0.4, 0.5) is 5.69 Å². The molecule has 2 aliphatic heterocycles. The van der Waals surface area contributed by atoms with Gasteiger partial charge in [0.15, 0.2) is 0 Å². The highest BCUT2D eigenvalue weighted by Crippen LogP contribution is 2.40. The Bertz CT molecular complexity index is 1170. The first kappa shape index (κ1) is 22.2. The normalized spacial score (nSPS) is 17.0. The number of H-pyrrole nitrogens is 1. The van der Waals surface area contributed by atoms with Gasteiger partial charge in [-0.25, -0.2) is 9.78 Å². The molecule has 0 atom stereocenters. The lowest BCUT2D eigenvalue weighted by atomic mass is 9.92. The number of carbonyl (C=O) groups is 1. The van der Waals surface area contributed by atoms with Crippen molar-refractivity contribution in [3.05, 3.63) is 46.5 Å². The Kier molecular flexibility index (Phi) is 6.30. The molecule has 0 aliphatic carbocycles. The summed E-state index contributed by atoms with van der Waals surface area (Å²) in [5.74, 6) is 1.23. The number of benzene rings is 2. The van der Waals surface area contributed by atoms with Crippen LogP contribution in [0, 0.1) is 5.92 Å². The molecule has 0 unspecified atom stereocenters. The summed E-state index contributed by atoms with van der Waals surface area (Å²) in [4.78, 5) is 24.8. The number of likely N-dealkylation sites (tertiary alicyclic amines) is 1. The smallest absolute Gasteiger partial charge is 0.337 e. The van der Waals surface area contributed by atoms with Gasteiger partial charge in [-0.2, -0.15) is 0 Å². The Morgan fingerprint density at radius 1 is 1.21 bits per heavy atom. The van der Waals surface area contributed by atoms with Gasteiger partial charge in [0.2, 0.25) is 0 Å². The third kappa shape index (κ3) is 4.46. The molecule has 1 aromatic heterocycles. The van der Waals surface area contributed by atoms with E-state index in [0.29, 0.717) is 5.56 Å². The number of fused-ring (bicyclic) bond motifs is 2. The molecule has 5 rings (SSSR count). The SMILES string of the molecule is COC(=O)c1ccc2[nH]c(-c3ccc4c(c3Cl)CCN4CCCC3CCN(C)CC3)nc2c1. The number of piperidine rings is 1. The van der Waals surface area contributed by atoms with Crippen molar-refractivity contribution in [3.8, 4) is 11.4 Å². The summed E-state index contributed by atoms with van der Waals surface area (Å²) in [6, 6.07) is 9.59. The van der Waals surface area contributed by atoms with Gasteiger partial charge in [0.25, 0.3) is 0 Å². The minimum atomic E-state index is -0.368. The zero-order valence-corrected chi connectivity index (χ0v) is 20.1. The molecule has 3 heterocycles. The van der Waals surface area contributed by atoms with E-state index in [-0.39, 0.29) is 5.97 Å². The summed E-state index contributed by atoms with van der Waals surface area (Å²) in [5.41, 5.74) is 5.45. The first-order valence-electron chi connectivity index (χ1n) is 11.9. The van der Waals surface area contributed by atoms with Gasteiger partial charge in [0.05, 0.1) is 28.7 Å². The van der Waals surface area contributed by atoms with Gasteiger partial charge in [0, 0.05) is 24.3 Å². The first-order chi connectivity index (χ1) is 16.0. The predicted octanol–water partition coefficient (Wildman–Crippen LogP) is 5.15. The molecule has 33 heavy (non-hydrogen) atoms. The van der Waals surface area contributed by atoms with Gasteiger partial charge in [-0.3, -0.25) is 0 Å². The minimum Gasteiger partial charge on any atom is -0.465 e. The molecule has 0 amide bonds. The number of hydrogen-bond acceptors (Lipinski definition) is 5. The van der Waals surface area contributed by atoms with Crippen LogP contribution in [0.1, 0.15) is 41.6 Å². The van der Waals surface area contributed by atoms with E-state index >= 15 is 0 Å². The van der Waals surface area contributed by atoms with E-state index in [9.17, 15) is 4.79 Å². The van der Waals surface area contributed by atoms with Crippen LogP contribution in [-0.4, -0.2) is 61.2 Å². The van der Waals surface area contributed by atoms with E-state index < -0.39 is 0 Å². The number of rotatable bonds is 6. The molecule has 0 saturated carbocycles. The number of methoxy groups -OCH3 is 1. The Balaban J connectivity index is 1.30. The quantitative estimate of drug-likeness (QED) is 0.509. The average molecular weight is 467 g/mol. The molecule has 174 valence electrons. The van der Waals surface area contributed by atoms with E-state index in [1.54, 1.807) is 12.1 Å². The molecule has 7 heteroatoms.